The Hall–Kier alpha value is -1.53. The summed E-state index contributed by atoms with van der Waals surface area (Å²) in [6, 6.07) is 6.80. The summed E-state index contributed by atoms with van der Waals surface area (Å²) in [4.78, 5) is 12.3. The normalized spacial score (nSPS) is 11.5. The number of ketones is 1. The molecule has 0 bridgehead atoms. The van der Waals surface area contributed by atoms with E-state index >= 15 is 0 Å². The summed E-state index contributed by atoms with van der Waals surface area (Å²) in [6.45, 7) is 0. The molecule has 0 amide bonds. The molecule has 0 unspecified atom stereocenters. The van der Waals surface area contributed by atoms with E-state index in [1.807, 2.05) is 0 Å². The molecule has 0 aromatic heterocycles. The minimum absolute atomic E-state index is 0.141. The molecule has 0 spiro atoms. The van der Waals surface area contributed by atoms with Gasteiger partial charge in [-0.2, -0.15) is 13.2 Å². The van der Waals surface area contributed by atoms with Crippen LogP contribution in [-0.4, -0.2) is 10.9 Å². The van der Waals surface area contributed by atoms with E-state index in [0.717, 1.165) is 24.3 Å². The lowest BCUT2D eigenvalue weighted by Crippen LogP contribution is -2.14. The van der Waals surface area contributed by atoms with Crippen molar-refractivity contribution in [1.82, 2.24) is 0 Å². The van der Waals surface area contributed by atoms with Crippen LogP contribution in [0.15, 0.2) is 40.9 Å². The molecular weight excluding hydrogens is 373 g/mol. The number of rotatable bonds is 2. The molecule has 0 radical (unpaired) electrons. The highest BCUT2D eigenvalue weighted by Gasteiger charge is 2.36. The molecule has 7 heteroatoms. The Labute approximate surface area is 131 Å². The maximum Gasteiger partial charge on any atom is 0.417 e. The van der Waals surface area contributed by atoms with Gasteiger partial charge in [0.05, 0.1) is 11.1 Å². The number of carbonyl (C=O) groups is 1. The molecule has 2 nitrogen and oxygen atoms in total. The fraction of sp³-hybridized carbons (Fsp3) is 0.0714. The Bertz CT molecular complexity index is 714. The van der Waals surface area contributed by atoms with Crippen LogP contribution in [0.4, 0.5) is 13.2 Å². The fourth-order valence-electron chi connectivity index (χ4n) is 1.78. The SMILES string of the molecule is O=C(c1cc(Cl)ccc1O)c1ccc(Br)cc1C(F)(F)F. The predicted molar refractivity (Wildman–Crippen MR) is 75.7 cm³/mol. The molecule has 2 aromatic rings. The highest BCUT2D eigenvalue weighted by atomic mass is 79.9. The molecular formula is C14H7BrClF3O2. The molecule has 110 valence electrons. The third kappa shape index (κ3) is 3.39. The van der Waals surface area contributed by atoms with Gasteiger partial charge >= 0.3 is 6.18 Å². The van der Waals surface area contributed by atoms with Crippen molar-refractivity contribution in [1.29, 1.82) is 0 Å². The number of benzene rings is 2. The second-order valence-electron chi connectivity index (χ2n) is 4.18. The van der Waals surface area contributed by atoms with E-state index in [2.05, 4.69) is 15.9 Å². The standard InChI is InChI=1S/C14H7BrClF3O2/c15-7-1-3-9(11(5-7)14(17,18)19)13(21)10-6-8(16)2-4-12(10)20/h1-6,20H. The number of alkyl halides is 3. The second kappa shape index (κ2) is 5.69. The van der Waals surface area contributed by atoms with Gasteiger partial charge in [0.2, 0.25) is 0 Å². The van der Waals surface area contributed by atoms with E-state index in [4.69, 9.17) is 11.6 Å². The molecule has 21 heavy (non-hydrogen) atoms. The van der Waals surface area contributed by atoms with Crippen molar-refractivity contribution in [2.45, 2.75) is 6.18 Å². The van der Waals surface area contributed by atoms with Crippen molar-refractivity contribution in [3.8, 4) is 5.75 Å². The number of aromatic hydroxyl groups is 1. The first kappa shape index (κ1) is 15.9. The zero-order valence-corrected chi connectivity index (χ0v) is 12.6. The predicted octanol–water partition coefficient (Wildman–Crippen LogP) is 5.06. The molecule has 2 rings (SSSR count). The van der Waals surface area contributed by atoms with E-state index < -0.39 is 28.8 Å². The van der Waals surface area contributed by atoms with Crippen LogP contribution in [0, 0.1) is 0 Å². The number of carbonyl (C=O) groups excluding carboxylic acids is 1. The van der Waals surface area contributed by atoms with Crippen molar-refractivity contribution in [3.05, 3.63) is 62.6 Å². The van der Waals surface area contributed by atoms with E-state index in [9.17, 15) is 23.1 Å². The zero-order valence-electron chi connectivity index (χ0n) is 10.2. The highest BCUT2D eigenvalue weighted by molar-refractivity contribution is 9.10. The van der Waals surface area contributed by atoms with Crippen LogP contribution in [0.3, 0.4) is 0 Å². The average molecular weight is 380 g/mol. The summed E-state index contributed by atoms with van der Waals surface area (Å²) < 4.78 is 39.3. The van der Waals surface area contributed by atoms with Crippen molar-refractivity contribution >= 4 is 33.3 Å². The maximum atomic E-state index is 13.0. The molecule has 0 saturated heterocycles. The van der Waals surface area contributed by atoms with Crippen LogP contribution < -0.4 is 0 Å². The summed E-state index contributed by atoms with van der Waals surface area (Å²) in [7, 11) is 0. The lowest BCUT2D eigenvalue weighted by atomic mass is 9.97. The minimum Gasteiger partial charge on any atom is -0.507 e. The first-order valence-corrected chi connectivity index (χ1v) is 6.77. The smallest absolute Gasteiger partial charge is 0.417 e. The van der Waals surface area contributed by atoms with Gasteiger partial charge in [0, 0.05) is 15.1 Å². The number of phenolic OH excluding ortho intramolecular Hbond substituents is 1. The Balaban J connectivity index is 2.61. The summed E-state index contributed by atoms with van der Waals surface area (Å²) in [6.07, 6.45) is -4.69. The Kier molecular flexibility index (Phi) is 4.30. The third-order valence-electron chi connectivity index (χ3n) is 2.73. The van der Waals surface area contributed by atoms with Crippen molar-refractivity contribution < 1.29 is 23.1 Å². The van der Waals surface area contributed by atoms with Crippen LogP contribution in [0.2, 0.25) is 5.02 Å². The first-order chi connectivity index (χ1) is 9.70. The van der Waals surface area contributed by atoms with Gasteiger partial charge < -0.3 is 5.11 Å². The maximum absolute atomic E-state index is 13.0. The van der Waals surface area contributed by atoms with Crippen molar-refractivity contribution in [2.75, 3.05) is 0 Å². The summed E-state index contributed by atoms with van der Waals surface area (Å²) >= 11 is 8.65. The molecule has 0 aliphatic heterocycles. The minimum atomic E-state index is -4.69. The molecule has 0 saturated carbocycles. The lowest BCUT2D eigenvalue weighted by molar-refractivity contribution is -0.137. The fourth-order valence-corrected chi connectivity index (χ4v) is 2.32. The highest BCUT2D eigenvalue weighted by Crippen LogP contribution is 2.36. The Morgan fingerprint density at radius 1 is 1.10 bits per heavy atom. The Morgan fingerprint density at radius 2 is 1.76 bits per heavy atom. The number of hydrogen-bond donors (Lipinski definition) is 1. The molecule has 0 aliphatic carbocycles. The number of hydrogen-bond acceptors (Lipinski definition) is 2. The molecule has 0 aliphatic rings. The zero-order chi connectivity index (χ0) is 15.8. The van der Waals surface area contributed by atoms with Crippen LogP contribution in [-0.2, 0) is 6.18 Å². The van der Waals surface area contributed by atoms with Crippen LogP contribution in [0.1, 0.15) is 21.5 Å². The molecule has 0 heterocycles. The monoisotopic (exact) mass is 378 g/mol. The summed E-state index contributed by atoms with van der Waals surface area (Å²) in [5.74, 6) is -1.38. The van der Waals surface area contributed by atoms with Crippen molar-refractivity contribution in [3.63, 3.8) is 0 Å². The van der Waals surface area contributed by atoms with E-state index in [0.29, 0.717) is 0 Å². The summed E-state index contributed by atoms with van der Waals surface area (Å²) in [5.41, 5.74) is -1.92. The average Bonchev–Trinajstić information content (AvgIpc) is 2.40. The lowest BCUT2D eigenvalue weighted by Gasteiger charge is -2.13. The van der Waals surface area contributed by atoms with Gasteiger partial charge in [0.25, 0.3) is 0 Å². The number of halogens is 5. The van der Waals surface area contributed by atoms with Gasteiger partial charge in [-0.3, -0.25) is 4.79 Å². The van der Waals surface area contributed by atoms with Gasteiger partial charge in [-0.05, 0) is 36.4 Å². The topological polar surface area (TPSA) is 37.3 Å². The summed E-state index contributed by atoms with van der Waals surface area (Å²) in [5, 5.41) is 9.79. The molecule has 0 fully saturated rings. The van der Waals surface area contributed by atoms with Gasteiger partial charge in [-0.25, -0.2) is 0 Å². The van der Waals surface area contributed by atoms with Crippen LogP contribution in [0.25, 0.3) is 0 Å². The quantitative estimate of drug-likeness (QED) is 0.741. The van der Waals surface area contributed by atoms with E-state index in [-0.39, 0.29) is 15.1 Å². The number of phenols is 1. The van der Waals surface area contributed by atoms with E-state index in [1.165, 1.54) is 12.1 Å². The van der Waals surface area contributed by atoms with Gasteiger partial charge in [0.1, 0.15) is 5.75 Å². The van der Waals surface area contributed by atoms with Gasteiger partial charge in [0.15, 0.2) is 5.78 Å². The molecule has 0 atom stereocenters. The molecule has 1 N–H and O–H groups in total. The van der Waals surface area contributed by atoms with E-state index in [1.54, 1.807) is 0 Å². The second-order valence-corrected chi connectivity index (χ2v) is 5.53. The largest absolute Gasteiger partial charge is 0.507 e. The van der Waals surface area contributed by atoms with Crippen molar-refractivity contribution in [2.24, 2.45) is 0 Å². The Morgan fingerprint density at radius 3 is 2.38 bits per heavy atom. The van der Waals surface area contributed by atoms with Crippen LogP contribution >= 0.6 is 27.5 Å². The van der Waals surface area contributed by atoms with Crippen LogP contribution in [0.5, 0.6) is 5.75 Å². The van der Waals surface area contributed by atoms with Gasteiger partial charge in [-0.1, -0.05) is 27.5 Å². The molecule has 2 aromatic carbocycles. The first-order valence-electron chi connectivity index (χ1n) is 5.60. The van der Waals surface area contributed by atoms with Gasteiger partial charge in [-0.15, -0.1) is 0 Å². The third-order valence-corrected chi connectivity index (χ3v) is 3.46.